The molecule has 0 aliphatic carbocycles. The fourth-order valence-corrected chi connectivity index (χ4v) is 5.04. The summed E-state index contributed by atoms with van der Waals surface area (Å²) in [4.78, 5) is 24.9. The van der Waals surface area contributed by atoms with Crippen LogP contribution in [0, 0.1) is 13.8 Å². The van der Waals surface area contributed by atoms with Crippen LogP contribution in [0.25, 0.3) is 10.9 Å². The number of hydrogen-bond acceptors (Lipinski definition) is 10. The van der Waals surface area contributed by atoms with Crippen LogP contribution >= 0.6 is 7.75 Å². The highest BCUT2D eigenvalue weighted by Gasteiger charge is 2.32. The number of benzene rings is 1. The Labute approximate surface area is 194 Å². The standard InChI is InChI=1S/C22H25N2O9P/c1-14-19(32-21(25)30-14)12-28-34(27,29-13-20-15(2)31-22(26)33-20)24-11-16(9-10-23(3)4)17-7-5-6-8-18(17)24/h5-8,11H,9-10,12-13H2,1-4H3. The largest absolute Gasteiger partial charge is 0.519 e. The van der Waals surface area contributed by atoms with Crippen molar-refractivity contribution in [1.82, 2.24) is 9.24 Å². The van der Waals surface area contributed by atoms with Gasteiger partial charge in [0.1, 0.15) is 24.7 Å². The lowest BCUT2D eigenvalue weighted by atomic mass is 10.1. The van der Waals surface area contributed by atoms with Crippen molar-refractivity contribution >= 4 is 18.6 Å². The smallest absolute Gasteiger partial charge is 0.396 e. The molecule has 12 heteroatoms. The topological polar surface area (TPSA) is 130 Å². The predicted octanol–water partition coefficient (Wildman–Crippen LogP) is 3.84. The van der Waals surface area contributed by atoms with Gasteiger partial charge in [0.15, 0.2) is 11.5 Å². The summed E-state index contributed by atoms with van der Waals surface area (Å²) < 4.78 is 46.8. The molecule has 0 N–H and O–H groups in total. The van der Waals surface area contributed by atoms with E-state index in [1.165, 1.54) is 18.2 Å². The van der Waals surface area contributed by atoms with Gasteiger partial charge < -0.3 is 22.6 Å². The van der Waals surface area contributed by atoms with Crippen molar-refractivity contribution in [2.75, 3.05) is 20.6 Å². The Bertz CT molecular complexity index is 1390. The average molecular weight is 492 g/mol. The fourth-order valence-electron chi connectivity index (χ4n) is 3.43. The van der Waals surface area contributed by atoms with Gasteiger partial charge in [0.2, 0.25) is 0 Å². The van der Waals surface area contributed by atoms with E-state index in [1.807, 2.05) is 37.2 Å². The van der Waals surface area contributed by atoms with Crippen LogP contribution in [-0.4, -0.2) is 29.9 Å². The van der Waals surface area contributed by atoms with E-state index in [9.17, 15) is 14.2 Å². The van der Waals surface area contributed by atoms with E-state index in [-0.39, 0.29) is 36.3 Å². The van der Waals surface area contributed by atoms with Gasteiger partial charge in [-0.15, -0.1) is 0 Å². The molecule has 0 spiro atoms. The molecule has 11 nitrogen and oxygen atoms in total. The number of nitrogens with zero attached hydrogens (tertiary/aromatic N) is 2. The Balaban J connectivity index is 1.73. The lowest BCUT2D eigenvalue weighted by molar-refractivity contribution is 0.163. The first-order valence-electron chi connectivity index (χ1n) is 10.5. The molecule has 0 saturated heterocycles. The molecule has 0 bridgehead atoms. The van der Waals surface area contributed by atoms with Crippen molar-refractivity contribution in [3.8, 4) is 0 Å². The van der Waals surface area contributed by atoms with Crippen molar-refractivity contribution in [1.29, 1.82) is 0 Å². The van der Waals surface area contributed by atoms with E-state index < -0.39 is 19.4 Å². The van der Waals surface area contributed by atoms with Gasteiger partial charge in [-0.05, 0) is 46.0 Å². The summed E-state index contributed by atoms with van der Waals surface area (Å²) in [6.07, 6.45) is 2.43. The lowest BCUT2D eigenvalue weighted by Gasteiger charge is -2.19. The van der Waals surface area contributed by atoms with Crippen LogP contribution < -0.4 is 11.6 Å². The number of hydrogen-bond donors (Lipinski definition) is 0. The summed E-state index contributed by atoms with van der Waals surface area (Å²) >= 11 is 0. The zero-order valence-electron chi connectivity index (χ0n) is 19.2. The first-order chi connectivity index (χ1) is 16.2. The molecule has 4 rings (SSSR count). The summed E-state index contributed by atoms with van der Waals surface area (Å²) in [6.45, 7) is 3.15. The first-order valence-corrected chi connectivity index (χ1v) is 12.0. The SMILES string of the molecule is Cc1oc(=O)oc1COP(=O)(OCc1oc(=O)oc1C)n1cc(CCN(C)C)c2ccccc21. The van der Waals surface area contributed by atoms with E-state index >= 15 is 0 Å². The molecule has 3 aromatic heterocycles. The van der Waals surface area contributed by atoms with Gasteiger partial charge in [-0.1, -0.05) is 18.2 Å². The number of rotatable bonds is 10. The molecule has 0 atom stereocenters. The summed E-state index contributed by atoms with van der Waals surface area (Å²) in [5, 5.41) is 0.897. The molecule has 0 unspecified atom stereocenters. The molecule has 182 valence electrons. The van der Waals surface area contributed by atoms with Gasteiger partial charge in [-0.25, -0.2) is 14.2 Å². The van der Waals surface area contributed by atoms with Gasteiger partial charge in [-0.2, -0.15) is 0 Å². The molecule has 34 heavy (non-hydrogen) atoms. The Hall–Kier alpha value is -3.11. The third kappa shape index (κ3) is 5.02. The number of aryl methyl sites for hydroxylation is 2. The summed E-state index contributed by atoms with van der Waals surface area (Å²) in [5.41, 5.74) is 1.59. The van der Waals surface area contributed by atoms with Crippen molar-refractivity contribution in [3.05, 3.63) is 80.3 Å². The zero-order chi connectivity index (χ0) is 24.5. The van der Waals surface area contributed by atoms with Gasteiger partial charge in [0.05, 0.1) is 5.52 Å². The lowest BCUT2D eigenvalue weighted by Crippen LogP contribution is -2.14. The highest BCUT2D eigenvalue weighted by molar-refractivity contribution is 7.52. The van der Waals surface area contributed by atoms with Gasteiger partial charge in [0.25, 0.3) is 0 Å². The third-order valence-corrected chi connectivity index (χ3v) is 7.03. The first kappa shape index (κ1) is 24.0. The molecule has 0 amide bonds. The fraction of sp³-hybridized carbons (Fsp3) is 0.364. The zero-order valence-corrected chi connectivity index (χ0v) is 20.1. The minimum Gasteiger partial charge on any atom is -0.396 e. The molecule has 0 fully saturated rings. The molecule has 0 radical (unpaired) electrons. The second-order valence-electron chi connectivity index (χ2n) is 7.95. The minimum atomic E-state index is -4.10. The van der Waals surface area contributed by atoms with Gasteiger partial charge in [-0.3, -0.25) is 13.4 Å². The van der Waals surface area contributed by atoms with Crippen molar-refractivity contribution in [2.24, 2.45) is 0 Å². The van der Waals surface area contributed by atoms with Crippen LogP contribution in [0.3, 0.4) is 0 Å². The van der Waals surface area contributed by atoms with E-state index in [1.54, 1.807) is 12.3 Å². The van der Waals surface area contributed by atoms with Gasteiger partial charge >= 0.3 is 19.4 Å². The second-order valence-corrected chi connectivity index (χ2v) is 9.84. The Morgan fingerprint density at radius 3 is 1.97 bits per heavy atom. The van der Waals surface area contributed by atoms with Crippen LogP contribution in [0.5, 0.6) is 0 Å². The second kappa shape index (κ2) is 9.63. The molecule has 4 aromatic rings. The number of aromatic nitrogens is 1. The Kier molecular flexibility index (Phi) is 6.81. The molecule has 3 heterocycles. The maximum atomic E-state index is 14.2. The average Bonchev–Trinajstić information content (AvgIpc) is 3.43. The van der Waals surface area contributed by atoms with E-state index in [2.05, 4.69) is 0 Å². The van der Waals surface area contributed by atoms with Crippen molar-refractivity contribution in [3.63, 3.8) is 0 Å². The maximum absolute atomic E-state index is 14.2. The van der Waals surface area contributed by atoms with E-state index in [0.29, 0.717) is 11.9 Å². The summed E-state index contributed by atoms with van der Waals surface area (Å²) in [5.74, 6) is -1.19. The van der Waals surface area contributed by atoms with Crippen molar-refractivity contribution < 1.29 is 31.3 Å². The molecular formula is C22H25N2O9P. The van der Waals surface area contributed by atoms with Gasteiger partial charge in [0, 0.05) is 18.1 Å². The van der Waals surface area contributed by atoms with Crippen LogP contribution in [0.2, 0.25) is 0 Å². The molecule has 0 aliphatic heterocycles. The van der Waals surface area contributed by atoms with Crippen LogP contribution in [0.15, 0.2) is 57.7 Å². The minimum absolute atomic E-state index is 0.0872. The van der Waals surface area contributed by atoms with E-state index in [0.717, 1.165) is 17.5 Å². The quantitative estimate of drug-likeness (QED) is 0.301. The van der Waals surface area contributed by atoms with Crippen molar-refractivity contribution in [2.45, 2.75) is 33.5 Å². The number of para-hydroxylation sites is 1. The number of likely N-dealkylation sites (N-methyl/N-ethyl adjacent to an activating group) is 1. The Morgan fingerprint density at radius 1 is 0.912 bits per heavy atom. The summed E-state index contributed by atoms with van der Waals surface area (Å²) in [6, 6.07) is 7.45. The van der Waals surface area contributed by atoms with Crippen LogP contribution in [-0.2, 0) is 33.2 Å². The highest BCUT2D eigenvalue weighted by atomic mass is 31.2. The highest BCUT2D eigenvalue weighted by Crippen LogP contribution is 2.53. The van der Waals surface area contributed by atoms with Crippen LogP contribution in [0.4, 0.5) is 0 Å². The van der Waals surface area contributed by atoms with E-state index in [4.69, 9.17) is 26.7 Å². The monoisotopic (exact) mass is 492 g/mol. The third-order valence-electron chi connectivity index (χ3n) is 5.26. The number of fused-ring (bicyclic) bond motifs is 1. The Morgan fingerprint density at radius 2 is 1.47 bits per heavy atom. The molecule has 1 aromatic carbocycles. The molecule has 0 aliphatic rings. The normalized spacial score (nSPS) is 12.3. The maximum Gasteiger partial charge on any atom is 0.519 e. The van der Waals surface area contributed by atoms with Crippen LogP contribution in [0.1, 0.15) is 28.6 Å². The molecule has 0 saturated carbocycles. The molecular weight excluding hydrogens is 467 g/mol. The summed E-state index contributed by atoms with van der Waals surface area (Å²) in [7, 11) is -0.159. The predicted molar refractivity (Wildman–Crippen MR) is 121 cm³/mol.